The van der Waals surface area contributed by atoms with Crippen molar-refractivity contribution in [2.24, 2.45) is 0 Å². The molecular weight excluding hydrogens is 166 g/mol. The fraction of sp³-hybridized carbons (Fsp3) is 0.400. The summed E-state index contributed by atoms with van der Waals surface area (Å²) in [4.78, 5) is 1.89. The number of rotatable bonds is 2. The van der Waals surface area contributed by atoms with Crippen LogP contribution in [0.4, 0.5) is 5.69 Å². The highest BCUT2D eigenvalue weighted by Crippen LogP contribution is 2.27. The van der Waals surface area contributed by atoms with E-state index in [1.54, 1.807) is 19.1 Å². The monoisotopic (exact) mass is 181 g/mol. The summed E-state index contributed by atoms with van der Waals surface area (Å²) in [5, 5.41) is 18.8. The van der Waals surface area contributed by atoms with Crippen molar-refractivity contribution in [3.05, 3.63) is 23.8 Å². The predicted octanol–water partition coefficient (Wildman–Crippen LogP) is 1.51. The van der Waals surface area contributed by atoms with Crippen molar-refractivity contribution in [1.82, 2.24) is 0 Å². The first-order chi connectivity index (χ1) is 6.02. The van der Waals surface area contributed by atoms with Crippen LogP contribution in [0.5, 0.6) is 5.75 Å². The van der Waals surface area contributed by atoms with Gasteiger partial charge in [-0.15, -0.1) is 0 Å². The van der Waals surface area contributed by atoms with E-state index in [9.17, 15) is 10.2 Å². The second kappa shape index (κ2) is 3.66. The number of aromatic hydroxyl groups is 1. The van der Waals surface area contributed by atoms with E-state index >= 15 is 0 Å². The zero-order valence-electron chi connectivity index (χ0n) is 8.15. The summed E-state index contributed by atoms with van der Waals surface area (Å²) < 4.78 is 0. The first-order valence-electron chi connectivity index (χ1n) is 4.20. The Morgan fingerprint density at radius 1 is 1.31 bits per heavy atom. The standard InChI is InChI=1S/C10H15NO2/c1-7(12)9-5-4-8(11(2)3)6-10(9)13/h4-7,12-13H,1-3H3. The quantitative estimate of drug-likeness (QED) is 0.726. The number of anilines is 1. The van der Waals surface area contributed by atoms with Gasteiger partial charge in [0.05, 0.1) is 6.10 Å². The first-order valence-corrected chi connectivity index (χ1v) is 4.20. The van der Waals surface area contributed by atoms with Crippen LogP contribution in [0.3, 0.4) is 0 Å². The normalized spacial score (nSPS) is 12.6. The van der Waals surface area contributed by atoms with Crippen molar-refractivity contribution in [3.8, 4) is 5.75 Å². The van der Waals surface area contributed by atoms with Gasteiger partial charge in [0.25, 0.3) is 0 Å². The number of benzene rings is 1. The second-order valence-electron chi connectivity index (χ2n) is 3.31. The molecular formula is C10H15NO2. The van der Waals surface area contributed by atoms with E-state index in [2.05, 4.69) is 0 Å². The van der Waals surface area contributed by atoms with Crippen molar-refractivity contribution in [2.75, 3.05) is 19.0 Å². The molecule has 1 unspecified atom stereocenters. The average molecular weight is 181 g/mol. The first kappa shape index (κ1) is 9.86. The Morgan fingerprint density at radius 3 is 2.31 bits per heavy atom. The highest BCUT2D eigenvalue weighted by molar-refractivity contribution is 5.52. The van der Waals surface area contributed by atoms with Crippen molar-refractivity contribution in [1.29, 1.82) is 0 Å². The Morgan fingerprint density at radius 2 is 1.92 bits per heavy atom. The molecule has 1 rings (SSSR count). The van der Waals surface area contributed by atoms with E-state index in [1.165, 1.54) is 0 Å². The molecule has 1 aromatic carbocycles. The summed E-state index contributed by atoms with van der Waals surface area (Å²) in [6.45, 7) is 1.63. The van der Waals surface area contributed by atoms with Gasteiger partial charge in [0.1, 0.15) is 5.75 Å². The summed E-state index contributed by atoms with van der Waals surface area (Å²) in [6.07, 6.45) is -0.629. The Balaban J connectivity index is 3.06. The molecule has 72 valence electrons. The lowest BCUT2D eigenvalue weighted by Gasteiger charge is -2.15. The van der Waals surface area contributed by atoms with Gasteiger partial charge < -0.3 is 15.1 Å². The molecule has 0 aromatic heterocycles. The number of hydrogen-bond acceptors (Lipinski definition) is 3. The molecule has 0 saturated heterocycles. The molecule has 0 aliphatic heterocycles. The fourth-order valence-electron chi connectivity index (χ4n) is 1.16. The summed E-state index contributed by atoms with van der Waals surface area (Å²) in [5.74, 6) is 0.140. The smallest absolute Gasteiger partial charge is 0.123 e. The zero-order chi connectivity index (χ0) is 10.0. The Labute approximate surface area is 78.2 Å². The minimum Gasteiger partial charge on any atom is -0.507 e. The van der Waals surface area contributed by atoms with Crippen molar-refractivity contribution in [2.45, 2.75) is 13.0 Å². The molecule has 13 heavy (non-hydrogen) atoms. The molecule has 1 aromatic rings. The fourth-order valence-corrected chi connectivity index (χ4v) is 1.16. The van der Waals surface area contributed by atoms with Gasteiger partial charge in [-0.1, -0.05) is 6.07 Å². The zero-order valence-corrected chi connectivity index (χ0v) is 8.15. The largest absolute Gasteiger partial charge is 0.507 e. The van der Waals surface area contributed by atoms with Crippen LogP contribution in [0.25, 0.3) is 0 Å². The van der Waals surface area contributed by atoms with Crippen LogP contribution in [0, 0.1) is 0 Å². The van der Waals surface area contributed by atoms with E-state index < -0.39 is 6.10 Å². The molecule has 0 fully saturated rings. The van der Waals surface area contributed by atoms with E-state index in [0.29, 0.717) is 5.56 Å². The molecule has 3 nitrogen and oxygen atoms in total. The lowest BCUT2D eigenvalue weighted by molar-refractivity contribution is 0.195. The van der Waals surface area contributed by atoms with E-state index in [1.807, 2.05) is 25.1 Å². The Kier molecular flexibility index (Phi) is 2.78. The van der Waals surface area contributed by atoms with Crippen LogP contribution >= 0.6 is 0 Å². The number of phenolic OH excluding ortho intramolecular Hbond substituents is 1. The summed E-state index contributed by atoms with van der Waals surface area (Å²) in [5.41, 5.74) is 1.48. The van der Waals surface area contributed by atoms with Crippen LogP contribution in [0.15, 0.2) is 18.2 Å². The van der Waals surface area contributed by atoms with Crippen LogP contribution in [0.1, 0.15) is 18.6 Å². The third-order valence-corrected chi connectivity index (χ3v) is 1.98. The lowest BCUT2D eigenvalue weighted by atomic mass is 10.1. The van der Waals surface area contributed by atoms with Gasteiger partial charge in [0, 0.05) is 31.4 Å². The van der Waals surface area contributed by atoms with Crippen LogP contribution < -0.4 is 4.90 Å². The van der Waals surface area contributed by atoms with Crippen LogP contribution in [0.2, 0.25) is 0 Å². The molecule has 0 heterocycles. The molecule has 3 heteroatoms. The van der Waals surface area contributed by atoms with Crippen molar-refractivity contribution >= 4 is 5.69 Å². The summed E-state index contributed by atoms with van der Waals surface area (Å²) in [6, 6.07) is 5.24. The topological polar surface area (TPSA) is 43.7 Å². The third kappa shape index (κ3) is 2.12. The molecule has 0 radical (unpaired) electrons. The maximum Gasteiger partial charge on any atom is 0.123 e. The number of aliphatic hydroxyl groups excluding tert-OH is 1. The summed E-state index contributed by atoms with van der Waals surface area (Å²) in [7, 11) is 3.80. The van der Waals surface area contributed by atoms with Crippen molar-refractivity contribution in [3.63, 3.8) is 0 Å². The molecule has 0 amide bonds. The third-order valence-electron chi connectivity index (χ3n) is 1.98. The molecule has 0 aliphatic carbocycles. The van der Waals surface area contributed by atoms with Gasteiger partial charge in [0.2, 0.25) is 0 Å². The van der Waals surface area contributed by atoms with Crippen LogP contribution in [-0.4, -0.2) is 24.3 Å². The van der Waals surface area contributed by atoms with Gasteiger partial charge in [-0.2, -0.15) is 0 Å². The maximum atomic E-state index is 9.52. The maximum absolute atomic E-state index is 9.52. The number of aliphatic hydroxyl groups is 1. The van der Waals surface area contributed by atoms with Gasteiger partial charge in [0.15, 0.2) is 0 Å². The number of nitrogens with zero attached hydrogens (tertiary/aromatic N) is 1. The Hall–Kier alpha value is -1.22. The number of phenols is 1. The molecule has 0 bridgehead atoms. The molecule has 0 spiro atoms. The van der Waals surface area contributed by atoms with E-state index in [0.717, 1.165) is 5.69 Å². The van der Waals surface area contributed by atoms with Crippen molar-refractivity contribution < 1.29 is 10.2 Å². The van der Waals surface area contributed by atoms with E-state index in [4.69, 9.17) is 0 Å². The highest BCUT2D eigenvalue weighted by atomic mass is 16.3. The predicted molar refractivity (Wildman–Crippen MR) is 53.1 cm³/mol. The van der Waals surface area contributed by atoms with E-state index in [-0.39, 0.29) is 5.75 Å². The SMILES string of the molecule is CC(O)c1ccc(N(C)C)cc1O. The number of hydrogen-bond donors (Lipinski definition) is 2. The van der Waals surface area contributed by atoms with Crippen LogP contribution in [-0.2, 0) is 0 Å². The second-order valence-corrected chi connectivity index (χ2v) is 3.31. The van der Waals surface area contributed by atoms with Gasteiger partial charge in [-0.05, 0) is 13.0 Å². The molecule has 2 N–H and O–H groups in total. The molecule has 0 saturated carbocycles. The molecule has 0 aliphatic rings. The van der Waals surface area contributed by atoms with Gasteiger partial charge >= 0.3 is 0 Å². The summed E-state index contributed by atoms with van der Waals surface area (Å²) >= 11 is 0. The molecule has 1 atom stereocenters. The minimum absolute atomic E-state index is 0.140. The van der Waals surface area contributed by atoms with Gasteiger partial charge in [-0.3, -0.25) is 0 Å². The van der Waals surface area contributed by atoms with Gasteiger partial charge in [-0.25, -0.2) is 0 Å². The minimum atomic E-state index is -0.629. The average Bonchev–Trinajstić information content (AvgIpc) is 2.03. The lowest BCUT2D eigenvalue weighted by Crippen LogP contribution is -2.08. The Bertz CT molecular complexity index is 295. The highest BCUT2D eigenvalue weighted by Gasteiger charge is 2.07.